The van der Waals surface area contributed by atoms with Crippen LogP contribution >= 0.6 is 99.6 Å². The SMILES string of the molecule is Brc1ccc(C(c2ccc(I)cc2)(c2ccc(I)cc2)c2ccc(I)cc2)cc1.Brc1ccc(C(c2ccccc2)(c2ccccc2)c2ccccc2)cc1.Nc1ccc(C(c2ccccc2)(c2ccccc2)c2ccccc2)cc1. The molecule has 0 fully saturated rings. The van der Waals surface area contributed by atoms with E-state index in [1.807, 2.05) is 12.1 Å². The lowest BCUT2D eigenvalue weighted by molar-refractivity contribution is 0.744. The minimum absolute atomic E-state index is 0.357. The largest absolute Gasteiger partial charge is 0.399 e. The maximum Gasteiger partial charge on any atom is 0.0701 e. The Bertz CT molecular complexity index is 3300. The number of anilines is 1. The molecule has 0 aliphatic rings. The van der Waals surface area contributed by atoms with Crippen LogP contribution in [0.5, 0.6) is 0 Å². The highest BCUT2D eigenvalue weighted by Gasteiger charge is 2.41. The number of hydrogen-bond donors (Lipinski definition) is 1. The third kappa shape index (κ3) is 12.5. The van der Waals surface area contributed by atoms with Crippen molar-refractivity contribution in [2.45, 2.75) is 16.2 Å². The number of nitrogens with two attached hydrogens (primary N) is 1. The van der Waals surface area contributed by atoms with E-state index >= 15 is 0 Å². The Labute approximate surface area is 535 Å². The van der Waals surface area contributed by atoms with Crippen LogP contribution in [0, 0.1) is 10.7 Å². The molecule has 12 rings (SSSR count). The van der Waals surface area contributed by atoms with Crippen molar-refractivity contribution in [2.75, 3.05) is 5.73 Å². The molecule has 0 amide bonds. The van der Waals surface area contributed by atoms with Crippen LogP contribution in [-0.4, -0.2) is 0 Å². The molecule has 396 valence electrons. The van der Waals surface area contributed by atoms with Gasteiger partial charge in [0.25, 0.3) is 0 Å². The van der Waals surface area contributed by atoms with Gasteiger partial charge in [0.2, 0.25) is 0 Å². The molecule has 0 saturated heterocycles. The molecule has 0 saturated carbocycles. The number of nitrogen functional groups attached to an aromatic ring is 1. The maximum atomic E-state index is 5.99. The smallest absolute Gasteiger partial charge is 0.0701 e. The zero-order valence-electron chi connectivity index (χ0n) is 44.1. The first-order valence-corrected chi connectivity index (χ1v) is 31.4. The van der Waals surface area contributed by atoms with Gasteiger partial charge in [-0.2, -0.15) is 0 Å². The highest BCUT2D eigenvalue weighted by Crippen LogP contribution is 2.48. The van der Waals surface area contributed by atoms with Crippen molar-refractivity contribution in [1.82, 2.24) is 0 Å². The summed E-state index contributed by atoms with van der Waals surface area (Å²) in [5.41, 5.74) is 20.6. The van der Waals surface area contributed by atoms with E-state index in [2.05, 4.69) is 415 Å². The first-order valence-electron chi connectivity index (χ1n) is 26.6. The first-order chi connectivity index (χ1) is 39.6. The van der Waals surface area contributed by atoms with Gasteiger partial charge in [-0.15, -0.1) is 0 Å². The fourth-order valence-electron chi connectivity index (χ4n) is 11.4. The average molecular weight is 1510 g/mol. The van der Waals surface area contributed by atoms with Crippen molar-refractivity contribution >= 4 is 105 Å². The van der Waals surface area contributed by atoms with E-state index in [1.54, 1.807) is 0 Å². The number of rotatable bonds is 12. The molecule has 2 N–H and O–H groups in total. The molecule has 0 atom stereocenters. The Hall–Kier alpha value is -6.41. The fourth-order valence-corrected chi connectivity index (χ4v) is 13.0. The normalized spacial score (nSPS) is 11.3. The Morgan fingerprint density at radius 3 is 0.531 bits per heavy atom. The van der Waals surface area contributed by atoms with Gasteiger partial charge < -0.3 is 5.73 Å². The summed E-state index contributed by atoms with van der Waals surface area (Å²) in [5.74, 6) is 0. The number of benzene rings is 12. The van der Waals surface area contributed by atoms with Crippen molar-refractivity contribution in [1.29, 1.82) is 0 Å². The van der Waals surface area contributed by atoms with Crippen LogP contribution in [0.25, 0.3) is 0 Å². The Kier molecular flexibility index (Phi) is 19.4. The molecular formula is C75H56Br2I3N. The van der Waals surface area contributed by atoms with Crippen molar-refractivity contribution in [3.8, 4) is 0 Å². The third-order valence-electron chi connectivity index (χ3n) is 15.0. The summed E-state index contributed by atoms with van der Waals surface area (Å²) in [4.78, 5) is 0. The molecule has 81 heavy (non-hydrogen) atoms. The minimum atomic E-state index is -0.391. The van der Waals surface area contributed by atoms with Gasteiger partial charge in [0.05, 0.1) is 16.2 Å². The van der Waals surface area contributed by atoms with Gasteiger partial charge in [0, 0.05) is 25.3 Å². The molecule has 12 aromatic carbocycles. The topological polar surface area (TPSA) is 26.0 Å². The summed E-state index contributed by atoms with van der Waals surface area (Å²) in [5, 5.41) is 0. The molecule has 0 spiro atoms. The van der Waals surface area contributed by atoms with Gasteiger partial charge in [-0.3, -0.25) is 0 Å². The van der Waals surface area contributed by atoms with E-state index in [4.69, 9.17) is 5.73 Å². The van der Waals surface area contributed by atoms with Gasteiger partial charge in [0.1, 0.15) is 0 Å². The van der Waals surface area contributed by atoms with Gasteiger partial charge >= 0.3 is 0 Å². The fraction of sp³-hybridized carbons (Fsp3) is 0.0400. The van der Waals surface area contributed by atoms with Gasteiger partial charge in [0.15, 0.2) is 0 Å². The molecule has 1 nitrogen and oxygen atoms in total. The van der Waals surface area contributed by atoms with Crippen LogP contribution in [0.1, 0.15) is 66.8 Å². The van der Waals surface area contributed by atoms with Gasteiger partial charge in [-0.1, -0.05) is 287 Å². The van der Waals surface area contributed by atoms with Gasteiger partial charge in [-0.05, 0) is 207 Å². The summed E-state index contributed by atoms with van der Waals surface area (Å²) in [7, 11) is 0. The molecule has 0 bridgehead atoms. The lowest BCUT2D eigenvalue weighted by Gasteiger charge is -2.37. The Morgan fingerprint density at radius 2 is 0.346 bits per heavy atom. The molecule has 0 aliphatic heterocycles. The van der Waals surface area contributed by atoms with Crippen LogP contribution in [-0.2, 0) is 16.2 Å². The average Bonchev–Trinajstić information content (AvgIpc) is 3.62. The Balaban J connectivity index is 0.000000137. The second kappa shape index (κ2) is 27.1. The summed E-state index contributed by atoms with van der Waals surface area (Å²) < 4.78 is 5.89. The molecule has 0 radical (unpaired) electrons. The van der Waals surface area contributed by atoms with E-state index in [1.165, 1.54) is 77.5 Å². The quantitative estimate of drug-likeness (QED) is 0.0736. The van der Waals surface area contributed by atoms with Crippen LogP contribution in [0.4, 0.5) is 5.69 Å². The van der Waals surface area contributed by atoms with Crippen molar-refractivity contribution in [3.63, 3.8) is 0 Å². The number of halogens is 5. The van der Waals surface area contributed by atoms with Crippen LogP contribution in [0.15, 0.2) is 337 Å². The van der Waals surface area contributed by atoms with E-state index in [0.717, 1.165) is 14.6 Å². The lowest BCUT2D eigenvalue weighted by atomic mass is 9.65. The van der Waals surface area contributed by atoms with E-state index < -0.39 is 5.41 Å². The first kappa shape index (κ1) is 57.8. The summed E-state index contributed by atoms with van der Waals surface area (Å²) in [6.07, 6.45) is 0. The van der Waals surface area contributed by atoms with Crippen molar-refractivity contribution in [2.24, 2.45) is 0 Å². The molecule has 0 unspecified atom stereocenters. The van der Waals surface area contributed by atoms with E-state index in [-0.39, 0.29) is 10.8 Å². The molecule has 6 heteroatoms. The standard InChI is InChI=1S/C25H16BrI3.C25H19Br.C25H21N/c26-21-9-1-17(2-10-21)25(18-3-11-22(27)12-4-18,19-5-13-23(28)14-6-19)20-7-15-24(29)16-8-20;2*26-24-18-16-23(17-19-24)25(20-10-4-1-5-11-20,21-12-6-2-7-13-21)22-14-8-3-9-15-22/h1-16H;1-19H;1-19H,26H2. The minimum Gasteiger partial charge on any atom is -0.399 e. The number of hydrogen-bond acceptors (Lipinski definition) is 1. The summed E-state index contributed by atoms with van der Waals surface area (Å²) in [6.45, 7) is 0. The molecule has 0 heterocycles. The summed E-state index contributed by atoms with van der Waals surface area (Å²) >= 11 is 14.3. The molecular weight excluding hydrogens is 1460 g/mol. The van der Waals surface area contributed by atoms with Crippen molar-refractivity contribution in [3.05, 3.63) is 414 Å². The van der Waals surface area contributed by atoms with Crippen LogP contribution in [0.2, 0.25) is 0 Å². The highest BCUT2D eigenvalue weighted by atomic mass is 127. The second-order valence-electron chi connectivity index (χ2n) is 19.6. The second-order valence-corrected chi connectivity index (χ2v) is 25.2. The van der Waals surface area contributed by atoms with E-state index in [0.29, 0.717) is 0 Å². The molecule has 0 aromatic heterocycles. The predicted molar refractivity (Wildman–Crippen MR) is 372 cm³/mol. The van der Waals surface area contributed by atoms with Gasteiger partial charge in [-0.25, -0.2) is 0 Å². The van der Waals surface area contributed by atoms with Crippen LogP contribution < -0.4 is 5.73 Å². The lowest BCUT2D eigenvalue weighted by Crippen LogP contribution is -2.31. The van der Waals surface area contributed by atoms with Crippen LogP contribution in [0.3, 0.4) is 0 Å². The third-order valence-corrected chi connectivity index (χ3v) is 18.2. The predicted octanol–water partition coefficient (Wildman–Crippen LogP) is 21.1. The highest BCUT2D eigenvalue weighted by molar-refractivity contribution is 14.1. The van der Waals surface area contributed by atoms with Crippen molar-refractivity contribution < 1.29 is 0 Å². The monoisotopic (exact) mass is 1510 g/mol. The zero-order chi connectivity index (χ0) is 56.1. The van der Waals surface area contributed by atoms with E-state index in [9.17, 15) is 0 Å². The Morgan fingerprint density at radius 1 is 0.198 bits per heavy atom. The molecule has 12 aromatic rings. The zero-order valence-corrected chi connectivity index (χ0v) is 53.8. The maximum absolute atomic E-state index is 5.99. The summed E-state index contributed by atoms with van der Waals surface area (Å²) in [6, 6.07) is 117. The molecule has 0 aliphatic carbocycles.